The highest BCUT2D eigenvalue weighted by molar-refractivity contribution is 5.98. The van der Waals surface area contributed by atoms with Crippen LogP contribution in [0.2, 0.25) is 0 Å². The van der Waals surface area contributed by atoms with Gasteiger partial charge in [0.15, 0.2) is 0 Å². The molecule has 0 aliphatic carbocycles. The Morgan fingerprint density at radius 3 is 2.88 bits per heavy atom. The van der Waals surface area contributed by atoms with Gasteiger partial charge in [-0.15, -0.1) is 0 Å². The summed E-state index contributed by atoms with van der Waals surface area (Å²) in [7, 11) is 1.80. The van der Waals surface area contributed by atoms with E-state index >= 15 is 0 Å². The number of carbonyl (C=O) groups excluding carboxylic acids is 1. The fraction of sp³-hybridized carbons (Fsp3) is 0.500. The third kappa shape index (κ3) is 2.72. The highest BCUT2D eigenvalue weighted by Gasteiger charge is 2.18. The van der Waals surface area contributed by atoms with Crippen molar-refractivity contribution in [2.75, 3.05) is 12.8 Å². The van der Waals surface area contributed by atoms with Gasteiger partial charge in [-0.25, -0.2) is 4.98 Å². The number of nitrogen functional groups attached to an aromatic ring is 1. The predicted molar refractivity (Wildman–Crippen MR) is 65.1 cm³/mol. The topological polar surface area (TPSA) is 59.2 Å². The second-order valence-corrected chi connectivity index (χ2v) is 3.99. The minimum atomic E-state index is -0.0634. The van der Waals surface area contributed by atoms with Crippen LogP contribution in [0, 0.1) is 0 Å². The van der Waals surface area contributed by atoms with Crippen LogP contribution >= 0.6 is 0 Å². The SMILES string of the molecule is CCCC(C)N(C)C(=O)c1cccnc1N. The maximum absolute atomic E-state index is 12.1. The molecule has 4 heteroatoms. The molecule has 1 heterocycles. The van der Waals surface area contributed by atoms with Crippen LogP contribution in [0.15, 0.2) is 18.3 Å². The van der Waals surface area contributed by atoms with Gasteiger partial charge in [0.1, 0.15) is 5.82 Å². The van der Waals surface area contributed by atoms with Gasteiger partial charge in [-0.3, -0.25) is 4.79 Å². The molecule has 0 spiro atoms. The van der Waals surface area contributed by atoms with E-state index in [9.17, 15) is 4.79 Å². The van der Waals surface area contributed by atoms with Crippen molar-refractivity contribution in [1.29, 1.82) is 0 Å². The zero-order valence-electron chi connectivity index (χ0n) is 10.1. The Kier molecular flexibility index (Phi) is 4.28. The fourth-order valence-electron chi connectivity index (χ4n) is 1.60. The number of anilines is 1. The zero-order chi connectivity index (χ0) is 12.1. The van der Waals surface area contributed by atoms with E-state index < -0.39 is 0 Å². The molecule has 0 fully saturated rings. The van der Waals surface area contributed by atoms with Crippen molar-refractivity contribution in [3.8, 4) is 0 Å². The van der Waals surface area contributed by atoms with Gasteiger partial charge in [0.05, 0.1) is 5.56 Å². The molecule has 1 rings (SSSR count). The monoisotopic (exact) mass is 221 g/mol. The normalized spacial score (nSPS) is 12.2. The summed E-state index contributed by atoms with van der Waals surface area (Å²) < 4.78 is 0. The number of nitrogens with two attached hydrogens (primary N) is 1. The van der Waals surface area contributed by atoms with E-state index in [1.165, 1.54) is 0 Å². The third-order valence-electron chi connectivity index (χ3n) is 2.76. The van der Waals surface area contributed by atoms with Gasteiger partial charge in [-0.2, -0.15) is 0 Å². The quantitative estimate of drug-likeness (QED) is 0.845. The molecule has 1 atom stereocenters. The molecule has 16 heavy (non-hydrogen) atoms. The van der Waals surface area contributed by atoms with Gasteiger partial charge >= 0.3 is 0 Å². The summed E-state index contributed by atoms with van der Waals surface area (Å²) in [5.41, 5.74) is 6.15. The molecule has 0 saturated carbocycles. The van der Waals surface area contributed by atoms with Crippen molar-refractivity contribution >= 4 is 11.7 Å². The Labute approximate surface area is 96.5 Å². The summed E-state index contributed by atoms with van der Waals surface area (Å²) in [5, 5.41) is 0. The van der Waals surface area contributed by atoms with Gasteiger partial charge in [-0.05, 0) is 25.5 Å². The first-order valence-corrected chi connectivity index (χ1v) is 5.55. The lowest BCUT2D eigenvalue weighted by atomic mass is 10.1. The Morgan fingerprint density at radius 1 is 1.62 bits per heavy atom. The van der Waals surface area contributed by atoms with E-state index in [0.717, 1.165) is 12.8 Å². The van der Waals surface area contributed by atoms with Crippen LogP contribution in [0.5, 0.6) is 0 Å². The predicted octanol–water partition coefficient (Wildman–Crippen LogP) is 1.92. The van der Waals surface area contributed by atoms with Crippen LogP contribution in [-0.4, -0.2) is 28.9 Å². The first kappa shape index (κ1) is 12.5. The molecule has 0 bridgehead atoms. The Bertz CT molecular complexity index is 365. The van der Waals surface area contributed by atoms with E-state index in [2.05, 4.69) is 11.9 Å². The number of amides is 1. The Hall–Kier alpha value is -1.58. The second-order valence-electron chi connectivity index (χ2n) is 3.99. The van der Waals surface area contributed by atoms with Crippen molar-refractivity contribution < 1.29 is 4.79 Å². The Morgan fingerprint density at radius 2 is 2.31 bits per heavy atom. The first-order chi connectivity index (χ1) is 7.57. The maximum atomic E-state index is 12.1. The summed E-state index contributed by atoms with van der Waals surface area (Å²) >= 11 is 0. The molecule has 0 radical (unpaired) electrons. The number of hydrogen-bond donors (Lipinski definition) is 1. The van der Waals surface area contributed by atoms with E-state index in [4.69, 9.17) is 5.73 Å². The van der Waals surface area contributed by atoms with Crippen LogP contribution in [-0.2, 0) is 0 Å². The molecule has 1 amide bonds. The summed E-state index contributed by atoms with van der Waals surface area (Å²) in [6.45, 7) is 4.14. The molecule has 0 aliphatic heterocycles. The van der Waals surface area contributed by atoms with Crippen molar-refractivity contribution in [2.45, 2.75) is 32.7 Å². The van der Waals surface area contributed by atoms with Gasteiger partial charge in [0.2, 0.25) is 0 Å². The largest absolute Gasteiger partial charge is 0.383 e. The van der Waals surface area contributed by atoms with Crippen LogP contribution in [0.1, 0.15) is 37.0 Å². The van der Waals surface area contributed by atoms with Crippen LogP contribution < -0.4 is 5.73 Å². The summed E-state index contributed by atoms with van der Waals surface area (Å²) in [5.74, 6) is 0.231. The average molecular weight is 221 g/mol. The van der Waals surface area contributed by atoms with E-state index in [0.29, 0.717) is 11.4 Å². The van der Waals surface area contributed by atoms with E-state index in [1.807, 2.05) is 6.92 Å². The van der Waals surface area contributed by atoms with Crippen LogP contribution in [0.25, 0.3) is 0 Å². The molecule has 1 aromatic heterocycles. The number of hydrogen-bond acceptors (Lipinski definition) is 3. The molecule has 0 aromatic carbocycles. The lowest BCUT2D eigenvalue weighted by Crippen LogP contribution is -2.35. The van der Waals surface area contributed by atoms with Crippen molar-refractivity contribution in [2.24, 2.45) is 0 Å². The summed E-state index contributed by atoms with van der Waals surface area (Å²) in [6, 6.07) is 3.65. The zero-order valence-corrected chi connectivity index (χ0v) is 10.1. The highest BCUT2D eigenvalue weighted by atomic mass is 16.2. The smallest absolute Gasteiger partial charge is 0.257 e. The molecular weight excluding hydrogens is 202 g/mol. The summed E-state index contributed by atoms with van der Waals surface area (Å²) in [4.78, 5) is 17.7. The van der Waals surface area contributed by atoms with E-state index in [-0.39, 0.29) is 11.9 Å². The maximum Gasteiger partial charge on any atom is 0.257 e. The van der Waals surface area contributed by atoms with Gasteiger partial charge in [-0.1, -0.05) is 13.3 Å². The lowest BCUT2D eigenvalue weighted by molar-refractivity contribution is 0.0737. The number of rotatable bonds is 4. The van der Waals surface area contributed by atoms with Crippen LogP contribution in [0.3, 0.4) is 0 Å². The van der Waals surface area contributed by atoms with E-state index in [1.54, 1.807) is 30.3 Å². The van der Waals surface area contributed by atoms with Crippen molar-refractivity contribution in [1.82, 2.24) is 9.88 Å². The molecular formula is C12H19N3O. The van der Waals surface area contributed by atoms with Crippen molar-refractivity contribution in [3.63, 3.8) is 0 Å². The fourth-order valence-corrected chi connectivity index (χ4v) is 1.60. The molecule has 1 aromatic rings. The first-order valence-electron chi connectivity index (χ1n) is 5.55. The molecule has 4 nitrogen and oxygen atoms in total. The Balaban J connectivity index is 2.82. The summed E-state index contributed by atoms with van der Waals surface area (Å²) in [6.07, 6.45) is 3.63. The molecule has 0 aliphatic rings. The molecule has 88 valence electrons. The van der Waals surface area contributed by atoms with Crippen molar-refractivity contribution in [3.05, 3.63) is 23.9 Å². The minimum absolute atomic E-state index is 0.0634. The molecule has 2 N–H and O–H groups in total. The number of aromatic nitrogens is 1. The lowest BCUT2D eigenvalue weighted by Gasteiger charge is -2.24. The molecule has 1 unspecified atom stereocenters. The third-order valence-corrected chi connectivity index (χ3v) is 2.76. The van der Waals surface area contributed by atoms with Gasteiger partial charge in [0, 0.05) is 19.3 Å². The standard InChI is InChI=1S/C12H19N3O/c1-4-6-9(2)15(3)12(16)10-7-5-8-14-11(10)13/h5,7-9H,4,6H2,1-3H3,(H2,13,14). The van der Waals surface area contributed by atoms with Gasteiger partial charge in [0.25, 0.3) is 5.91 Å². The highest BCUT2D eigenvalue weighted by Crippen LogP contribution is 2.13. The van der Waals surface area contributed by atoms with Crippen LogP contribution in [0.4, 0.5) is 5.82 Å². The number of pyridine rings is 1. The van der Waals surface area contributed by atoms with Gasteiger partial charge < -0.3 is 10.6 Å². The number of carbonyl (C=O) groups is 1. The molecule has 0 saturated heterocycles. The minimum Gasteiger partial charge on any atom is -0.383 e. The average Bonchev–Trinajstić information content (AvgIpc) is 2.28. The second kappa shape index (κ2) is 5.49. The number of nitrogens with zero attached hydrogens (tertiary/aromatic N) is 2.